The summed E-state index contributed by atoms with van der Waals surface area (Å²) in [6.45, 7) is 1.51. The van der Waals surface area contributed by atoms with Gasteiger partial charge in [-0.15, -0.1) is 0 Å². The third kappa shape index (κ3) is 1.29. The van der Waals surface area contributed by atoms with Gasteiger partial charge in [0.25, 0.3) is 0 Å². The number of aromatic nitrogens is 1. The Kier molecular flexibility index (Phi) is 1.76. The molecule has 0 radical (unpaired) electrons. The van der Waals surface area contributed by atoms with Gasteiger partial charge in [-0.1, -0.05) is 0 Å². The summed E-state index contributed by atoms with van der Waals surface area (Å²) in [6.07, 6.45) is 1.26. The Morgan fingerprint density at radius 2 is 2.27 bits per heavy atom. The molecule has 11 heavy (non-hydrogen) atoms. The average Bonchev–Trinajstić information content (AvgIpc) is 1.94. The number of hydrogen-bond donors (Lipinski definition) is 2. The quantitative estimate of drug-likeness (QED) is 0.625. The van der Waals surface area contributed by atoms with Crippen LogP contribution in [-0.2, 0) is 0 Å². The van der Waals surface area contributed by atoms with Gasteiger partial charge in [-0.3, -0.25) is 0 Å². The van der Waals surface area contributed by atoms with Crippen molar-refractivity contribution in [3.8, 4) is 5.88 Å². The fourth-order valence-electron chi connectivity index (χ4n) is 0.756. The molecule has 1 aromatic heterocycles. The highest BCUT2D eigenvalue weighted by Gasteiger charge is 2.09. The van der Waals surface area contributed by atoms with Crippen LogP contribution in [0.2, 0.25) is 0 Å². The first kappa shape index (κ1) is 7.53. The van der Waals surface area contributed by atoms with Crippen LogP contribution in [0.15, 0.2) is 12.3 Å². The molecule has 0 amide bonds. The molecular weight excluding hydrogens is 146 g/mol. The molecule has 0 bridgehead atoms. The number of aromatic carboxylic acids is 1. The van der Waals surface area contributed by atoms with Gasteiger partial charge < -0.3 is 10.2 Å². The summed E-state index contributed by atoms with van der Waals surface area (Å²) in [5.74, 6) is -1.29. The molecule has 1 heterocycles. The monoisotopic (exact) mass is 153 g/mol. The highest BCUT2D eigenvalue weighted by molar-refractivity contribution is 5.89. The van der Waals surface area contributed by atoms with Gasteiger partial charge >= 0.3 is 5.97 Å². The molecule has 0 spiro atoms. The lowest BCUT2D eigenvalue weighted by Gasteiger charge is -1.99. The normalized spacial score (nSPS) is 9.55. The van der Waals surface area contributed by atoms with Crippen molar-refractivity contribution in [3.63, 3.8) is 0 Å². The van der Waals surface area contributed by atoms with Crippen LogP contribution in [0.25, 0.3) is 0 Å². The van der Waals surface area contributed by atoms with Crippen molar-refractivity contribution < 1.29 is 15.0 Å². The van der Waals surface area contributed by atoms with E-state index in [0.29, 0.717) is 5.56 Å². The Hall–Kier alpha value is -1.58. The van der Waals surface area contributed by atoms with Gasteiger partial charge in [0, 0.05) is 11.8 Å². The number of hydrogen-bond acceptors (Lipinski definition) is 3. The van der Waals surface area contributed by atoms with Crippen LogP contribution in [0, 0.1) is 6.92 Å². The Morgan fingerprint density at radius 3 is 2.73 bits per heavy atom. The molecule has 4 heteroatoms. The van der Waals surface area contributed by atoms with E-state index in [1.807, 2.05) is 0 Å². The molecule has 0 atom stereocenters. The Labute approximate surface area is 63.1 Å². The van der Waals surface area contributed by atoms with Gasteiger partial charge in [-0.05, 0) is 13.0 Å². The van der Waals surface area contributed by atoms with Crippen LogP contribution in [0.1, 0.15) is 15.9 Å². The van der Waals surface area contributed by atoms with Gasteiger partial charge in [0.15, 0.2) is 0 Å². The Bertz CT molecular complexity index is 296. The van der Waals surface area contributed by atoms with E-state index < -0.39 is 5.97 Å². The molecule has 2 N–H and O–H groups in total. The average molecular weight is 153 g/mol. The summed E-state index contributed by atoms with van der Waals surface area (Å²) < 4.78 is 0. The fourth-order valence-corrected chi connectivity index (χ4v) is 0.756. The zero-order chi connectivity index (χ0) is 8.43. The summed E-state index contributed by atoms with van der Waals surface area (Å²) in [7, 11) is 0. The predicted molar refractivity (Wildman–Crippen MR) is 37.6 cm³/mol. The number of carboxylic acids is 1. The van der Waals surface area contributed by atoms with Crippen molar-refractivity contribution in [1.29, 1.82) is 0 Å². The highest BCUT2D eigenvalue weighted by atomic mass is 16.4. The first-order chi connectivity index (χ1) is 5.13. The largest absolute Gasteiger partial charge is 0.493 e. The van der Waals surface area contributed by atoms with Crippen LogP contribution in [-0.4, -0.2) is 21.2 Å². The molecule has 0 saturated heterocycles. The lowest BCUT2D eigenvalue weighted by atomic mass is 10.1. The molecule has 1 rings (SSSR count). The van der Waals surface area contributed by atoms with Crippen molar-refractivity contribution in [1.82, 2.24) is 4.98 Å². The zero-order valence-electron chi connectivity index (χ0n) is 5.90. The number of rotatable bonds is 1. The predicted octanol–water partition coefficient (Wildman–Crippen LogP) is 0.794. The SMILES string of the molecule is Cc1c(C(=O)O)ccnc1O. The minimum atomic E-state index is -1.06. The van der Waals surface area contributed by atoms with Crippen LogP contribution in [0.4, 0.5) is 0 Å². The topological polar surface area (TPSA) is 70.4 Å². The van der Waals surface area contributed by atoms with E-state index >= 15 is 0 Å². The maximum atomic E-state index is 10.4. The summed E-state index contributed by atoms with van der Waals surface area (Å²) in [5, 5.41) is 17.5. The van der Waals surface area contributed by atoms with Crippen LogP contribution < -0.4 is 0 Å². The third-order valence-electron chi connectivity index (χ3n) is 1.41. The van der Waals surface area contributed by atoms with E-state index in [1.54, 1.807) is 0 Å². The molecule has 0 fully saturated rings. The van der Waals surface area contributed by atoms with E-state index in [1.165, 1.54) is 19.2 Å². The van der Waals surface area contributed by atoms with Gasteiger partial charge in [0.05, 0.1) is 5.56 Å². The second-order valence-corrected chi connectivity index (χ2v) is 2.11. The molecular formula is C7H7NO3. The molecule has 0 aliphatic carbocycles. The highest BCUT2D eigenvalue weighted by Crippen LogP contribution is 2.15. The van der Waals surface area contributed by atoms with Crippen molar-refractivity contribution in [2.75, 3.05) is 0 Å². The van der Waals surface area contributed by atoms with Crippen molar-refractivity contribution >= 4 is 5.97 Å². The van der Waals surface area contributed by atoms with E-state index in [4.69, 9.17) is 10.2 Å². The molecule has 0 aliphatic rings. The molecule has 0 aliphatic heterocycles. The van der Waals surface area contributed by atoms with Gasteiger partial charge in [-0.25, -0.2) is 9.78 Å². The smallest absolute Gasteiger partial charge is 0.336 e. The van der Waals surface area contributed by atoms with Gasteiger partial charge in [-0.2, -0.15) is 0 Å². The van der Waals surface area contributed by atoms with Crippen LogP contribution in [0.5, 0.6) is 5.88 Å². The summed E-state index contributed by atoms with van der Waals surface area (Å²) >= 11 is 0. The van der Waals surface area contributed by atoms with Crippen molar-refractivity contribution in [3.05, 3.63) is 23.4 Å². The lowest BCUT2D eigenvalue weighted by molar-refractivity contribution is 0.0695. The van der Waals surface area contributed by atoms with E-state index in [9.17, 15) is 4.79 Å². The van der Waals surface area contributed by atoms with E-state index in [0.717, 1.165) is 0 Å². The Morgan fingerprint density at radius 1 is 1.64 bits per heavy atom. The fraction of sp³-hybridized carbons (Fsp3) is 0.143. The molecule has 0 aromatic carbocycles. The molecule has 0 unspecified atom stereocenters. The van der Waals surface area contributed by atoms with Gasteiger partial charge in [0.2, 0.25) is 5.88 Å². The minimum absolute atomic E-state index is 0.0810. The summed E-state index contributed by atoms with van der Waals surface area (Å²) in [6, 6.07) is 1.34. The maximum Gasteiger partial charge on any atom is 0.336 e. The second kappa shape index (κ2) is 2.57. The number of nitrogens with zero attached hydrogens (tertiary/aromatic N) is 1. The lowest BCUT2D eigenvalue weighted by Crippen LogP contribution is -1.99. The van der Waals surface area contributed by atoms with Gasteiger partial charge in [0.1, 0.15) is 0 Å². The standard InChI is InChI=1S/C7H7NO3/c1-4-5(7(10)11)2-3-8-6(4)9/h2-3H,1H3,(H,8,9)(H,10,11). The molecule has 58 valence electrons. The molecule has 0 saturated carbocycles. The zero-order valence-corrected chi connectivity index (χ0v) is 5.90. The minimum Gasteiger partial charge on any atom is -0.493 e. The Balaban J connectivity index is 3.27. The summed E-state index contributed by atoms with van der Waals surface area (Å²) in [4.78, 5) is 13.9. The number of aromatic hydroxyl groups is 1. The number of carboxylic acid groups (broad SMARTS) is 1. The van der Waals surface area contributed by atoms with Crippen LogP contribution >= 0.6 is 0 Å². The first-order valence-electron chi connectivity index (χ1n) is 3.01. The maximum absolute atomic E-state index is 10.4. The van der Waals surface area contributed by atoms with E-state index in [-0.39, 0.29) is 11.4 Å². The van der Waals surface area contributed by atoms with Crippen molar-refractivity contribution in [2.24, 2.45) is 0 Å². The number of pyridine rings is 1. The first-order valence-corrected chi connectivity index (χ1v) is 3.01. The van der Waals surface area contributed by atoms with Crippen molar-refractivity contribution in [2.45, 2.75) is 6.92 Å². The molecule has 1 aromatic rings. The summed E-state index contributed by atoms with van der Waals surface area (Å²) in [5.41, 5.74) is 0.373. The molecule has 4 nitrogen and oxygen atoms in total. The van der Waals surface area contributed by atoms with E-state index in [2.05, 4.69) is 4.98 Å². The van der Waals surface area contributed by atoms with Crippen LogP contribution in [0.3, 0.4) is 0 Å². The third-order valence-corrected chi connectivity index (χ3v) is 1.41. The second-order valence-electron chi connectivity index (χ2n) is 2.11. The number of carbonyl (C=O) groups is 1.